The van der Waals surface area contributed by atoms with Crippen LogP contribution in [0.2, 0.25) is 0 Å². The molecule has 18 heavy (non-hydrogen) atoms. The summed E-state index contributed by atoms with van der Waals surface area (Å²) < 4.78 is 1.93. The molecule has 0 spiro atoms. The molecule has 0 fully saturated rings. The molecule has 0 bridgehead atoms. The molecule has 0 unspecified atom stereocenters. The quantitative estimate of drug-likeness (QED) is 0.718. The molecule has 1 aromatic carbocycles. The van der Waals surface area contributed by atoms with Crippen molar-refractivity contribution in [1.82, 2.24) is 14.8 Å². The first-order chi connectivity index (χ1) is 8.83. The zero-order valence-electron chi connectivity index (χ0n) is 10.1. The Kier molecular flexibility index (Phi) is 2.94. The second-order valence-electron chi connectivity index (χ2n) is 4.10. The van der Waals surface area contributed by atoms with E-state index in [0.29, 0.717) is 0 Å². The van der Waals surface area contributed by atoms with Crippen LogP contribution in [0, 0.1) is 6.92 Å². The monoisotopic (exact) mass is 255 g/mol. The molecule has 0 saturated heterocycles. The van der Waals surface area contributed by atoms with E-state index in [2.05, 4.69) is 29.1 Å². The average molecular weight is 255 g/mol. The average Bonchev–Trinajstić information content (AvgIpc) is 3.02. The van der Waals surface area contributed by atoms with E-state index in [1.807, 2.05) is 35.1 Å². The Morgan fingerprint density at radius 2 is 2.00 bits per heavy atom. The smallest absolute Gasteiger partial charge is 0.123 e. The van der Waals surface area contributed by atoms with Gasteiger partial charge in [-0.05, 0) is 13.0 Å². The van der Waals surface area contributed by atoms with Gasteiger partial charge in [-0.2, -0.15) is 5.10 Å². The summed E-state index contributed by atoms with van der Waals surface area (Å²) >= 11 is 1.74. The summed E-state index contributed by atoms with van der Waals surface area (Å²) in [4.78, 5) is 5.90. The highest BCUT2D eigenvalue weighted by Gasteiger charge is 2.09. The van der Waals surface area contributed by atoms with Crippen LogP contribution < -0.4 is 0 Å². The zero-order chi connectivity index (χ0) is 12.4. The molecule has 0 atom stereocenters. The number of nitrogens with zero attached hydrogens (tertiary/aromatic N) is 3. The van der Waals surface area contributed by atoms with Crippen LogP contribution in [0.4, 0.5) is 0 Å². The van der Waals surface area contributed by atoms with Gasteiger partial charge in [0.15, 0.2) is 0 Å². The summed E-state index contributed by atoms with van der Waals surface area (Å²) in [6.45, 7) is 2.85. The molecule has 2 heterocycles. The number of thiazole rings is 1. The molecule has 0 radical (unpaired) electrons. The van der Waals surface area contributed by atoms with Crippen LogP contribution in [0.1, 0.15) is 10.6 Å². The predicted molar refractivity (Wildman–Crippen MR) is 73.6 cm³/mol. The zero-order valence-corrected chi connectivity index (χ0v) is 10.9. The largest absolute Gasteiger partial charge is 0.267 e. The van der Waals surface area contributed by atoms with E-state index in [1.54, 1.807) is 17.5 Å². The molecule has 0 saturated carbocycles. The molecule has 0 aliphatic carbocycles. The van der Waals surface area contributed by atoms with E-state index < -0.39 is 0 Å². The van der Waals surface area contributed by atoms with Crippen LogP contribution in [0.25, 0.3) is 10.6 Å². The second kappa shape index (κ2) is 4.74. The van der Waals surface area contributed by atoms with E-state index in [9.17, 15) is 0 Å². The summed E-state index contributed by atoms with van der Waals surface area (Å²) in [5.41, 5.74) is 2.27. The lowest BCUT2D eigenvalue weighted by atomic mass is 10.2. The molecule has 3 aromatic rings. The van der Waals surface area contributed by atoms with Gasteiger partial charge in [-0.15, -0.1) is 11.3 Å². The lowest BCUT2D eigenvalue weighted by Crippen LogP contribution is -1.98. The van der Waals surface area contributed by atoms with Crippen LogP contribution in [-0.4, -0.2) is 14.8 Å². The summed E-state index contributed by atoms with van der Waals surface area (Å²) in [5, 5.41) is 5.31. The first kappa shape index (κ1) is 11.2. The molecule has 4 heteroatoms. The fraction of sp³-hybridized carbons (Fsp3) is 0.143. The third-order valence-corrected chi connectivity index (χ3v) is 3.97. The fourth-order valence-corrected chi connectivity index (χ4v) is 2.88. The molecular formula is C14H13N3S. The maximum absolute atomic E-state index is 4.64. The lowest BCUT2D eigenvalue weighted by molar-refractivity contribution is 0.691. The maximum Gasteiger partial charge on any atom is 0.123 e. The van der Waals surface area contributed by atoms with Gasteiger partial charge in [0.1, 0.15) is 5.01 Å². The van der Waals surface area contributed by atoms with Crippen molar-refractivity contribution in [2.24, 2.45) is 0 Å². The Labute approximate surface area is 110 Å². The van der Waals surface area contributed by atoms with Crippen molar-refractivity contribution in [3.05, 3.63) is 59.4 Å². The molecule has 2 aromatic heterocycles. The lowest BCUT2D eigenvalue weighted by Gasteiger charge is -1.98. The van der Waals surface area contributed by atoms with Crippen LogP contribution in [0.3, 0.4) is 0 Å². The van der Waals surface area contributed by atoms with Crippen molar-refractivity contribution in [2.75, 3.05) is 0 Å². The Hall–Kier alpha value is -1.94. The number of benzene rings is 1. The van der Waals surface area contributed by atoms with Crippen LogP contribution in [0.5, 0.6) is 0 Å². The molecular weight excluding hydrogens is 242 g/mol. The van der Waals surface area contributed by atoms with Gasteiger partial charge in [0.25, 0.3) is 0 Å². The van der Waals surface area contributed by atoms with E-state index in [4.69, 9.17) is 0 Å². The molecule has 3 nitrogen and oxygen atoms in total. The second-order valence-corrected chi connectivity index (χ2v) is 5.18. The van der Waals surface area contributed by atoms with Crippen molar-refractivity contribution in [3.63, 3.8) is 0 Å². The Bertz CT molecular complexity index is 626. The van der Waals surface area contributed by atoms with Gasteiger partial charge in [0.05, 0.1) is 12.2 Å². The van der Waals surface area contributed by atoms with Crippen molar-refractivity contribution in [1.29, 1.82) is 0 Å². The molecule has 0 amide bonds. The SMILES string of the molecule is Cc1nc(-c2ccccc2)sc1Cn1cccn1. The fourth-order valence-electron chi connectivity index (χ4n) is 1.82. The van der Waals surface area contributed by atoms with E-state index in [-0.39, 0.29) is 0 Å². The Balaban J connectivity index is 1.91. The highest BCUT2D eigenvalue weighted by Crippen LogP contribution is 2.28. The van der Waals surface area contributed by atoms with Gasteiger partial charge < -0.3 is 0 Å². The summed E-state index contributed by atoms with van der Waals surface area (Å²) in [6, 6.07) is 12.2. The molecule has 0 aliphatic heterocycles. The van der Waals surface area contributed by atoms with Crippen LogP contribution >= 0.6 is 11.3 Å². The number of aromatic nitrogens is 3. The van der Waals surface area contributed by atoms with Gasteiger partial charge in [-0.1, -0.05) is 30.3 Å². The van der Waals surface area contributed by atoms with Gasteiger partial charge in [0.2, 0.25) is 0 Å². The molecule has 3 rings (SSSR count). The minimum atomic E-state index is 0.795. The summed E-state index contributed by atoms with van der Waals surface area (Å²) in [6.07, 6.45) is 3.77. The van der Waals surface area contributed by atoms with Crippen molar-refractivity contribution in [3.8, 4) is 10.6 Å². The summed E-state index contributed by atoms with van der Waals surface area (Å²) in [5.74, 6) is 0. The minimum absolute atomic E-state index is 0.795. The third-order valence-electron chi connectivity index (χ3n) is 2.78. The van der Waals surface area contributed by atoms with Gasteiger partial charge in [-0.3, -0.25) is 4.68 Å². The first-order valence-electron chi connectivity index (χ1n) is 5.82. The van der Waals surface area contributed by atoms with Crippen LogP contribution in [-0.2, 0) is 6.54 Å². The van der Waals surface area contributed by atoms with Crippen molar-refractivity contribution < 1.29 is 0 Å². The van der Waals surface area contributed by atoms with E-state index >= 15 is 0 Å². The Morgan fingerprint density at radius 3 is 2.72 bits per heavy atom. The normalized spacial score (nSPS) is 10.7. The maximum atomic E-state index is 4.64. The van der Waals surface area contributed by atoms with E-state index in [1.165, 1.54) is 10.4 Å². The van der Waals surface area contributed by atoms with Gasteiger partial charge in [0, 0.05) is 22.8 Å². The molecule has 90 valence electrons. The topological polar surface area (TPSA) is 30.7 Å². The minimum Gasteiger partial charge on any atom is -0.267 e. The number of aryl methyl sites for hydroxylation is 1. The first-order valence-corrected chi connectivity index (χ1v) is 6.64. The van der Waals surface area contributed by atoms with Gasteiger partial charge >= 0.3 is 0 Å². The van der Waals surface area contributed by atoms with Crippen LogP contribution in [0.15, 0.2) is 48.8 Å². The Morgan fingerprint density at radius 1 is 1.17 bits per heavy atom. The predicted octanol–water partition coefficient (Wildman–Crippen LogP) is 3.36. The highest BCUT2D eigenvalue weighted by molar-refractivity contribution is 7.15. The third kappa shape index (κ3) is 2.19. The highest BCUT2D eigenvalue weighted by atomic mass is 32.1. The van der Waals surface area contributed by atoms with Crippen molar-refractivity contribution in [2.45, 2.75) is 13.5 Å². The number of rotatable bonds is 3. The number of hydrogen-bond acceptors (Lipinski definition) is 3. The number of hydrogen-bond donors (Lipinski definition) is 0. The molecule has 0 aliphatic rings. The van der Waals surface area contributed by atoms with Gasteiger partial charge in [-0.25, -0.2) is 4.98 Å². The summed E-state index contributed by atoms with van der Waals surface area (Å²) in [7, 11) is 0. The standard InChI is InChI=1S/C14H13N3S/c1-11-13(10-17-9-5-8-15-17)18-14(16-11)12-6-3-2-4-7-12/h2-9H,10H2,1H3. The molecule has 0 N–H and O–H groups in total. The van der Waals surface area contributed by atoms with Crippen molar-refractivity contribution >= 4 is 11.3 Å². The van der Waals surface area contributed by atoms with E-state index in [0.717, 1.165) is 17.2 Å².